The number of halogens is 2. The van der Waals surface area contributed by atoms with Gasteiger partial charge in [0.1, 0.15) is 5.82 Å². The van der Waals surface area contributed by atoms with Gasteiger partial charge in [0.2, 0.25) is 21.1 Å². The van der Waals surface area contributed by atoms with Gasteiger partial charge in [0, 0.05) is 43.2 Å². The molecule has 0 aliphatic carbocycles. The maximum atomic E-state index is 13.3. The number of hydrogen-bond donors (Lipinski definition) is 1. The average molecular weight is 496 g/mol. The topological polar surface area (TPSA) is 104 Å². The van der Waals surface area contributed by atoms with Crippen LogP contribution in [0.2, 0.25) is 5.02 Å². The molecular weight excluding hydrogens is 473 g/mol. The smallest absolute Gasteiger partial charge is 0.261 e. The van der Waals surface area contributed by atoms with Crippen molar-refractivity contribution in [2.24, 2.45) is 0 Å². The fraction of sp³-hybridized carbons (Fsp3) is 0.318. The molecule has 1 saturated heterocycles. The standard InChI is InChI=1S/C22H23ClFN3O5S/c1-2-19(28)26-11-13-27(14-12-26)22(30)21(25-20(29)15-3-5-16(23)6-4-15)33(31,32)18-9-7-17(24)8-10-18/h3-10,21H,2,11-14H2,1H3,(H,25,29)/t21-/m1/s1. The molecule has 2 aromatic carbocycles. The predicted octanol–water partition coefficient (Wildman–Crippen LogP) is 2.09. The molecule has 3 amide bonds. The van der Waals surface area contributed by atoms with Gasteiger partial charge in [0.15, 0.2) is 0 Å². The lowest BCUT2D eigenvalue weighted by molar-refractivity contribution is -0.139. The molecule has 176 valence electrons. The quantitative estimate of drug-likeness (QED) is 0.618. The monoisotopic (exact) mass is 495 g/mol. The molecule has 1 N–H and O–H groups in total. The molecule has 11 heteroatoms. The van der Waals surface area contributed by atoms with Crippen molar-refractivity contribution >= 4 is 39.2 Å². The maximum Gasteiger partial charge on any atom is 0.261 e. The molecule has 0 spiro atoms. The molecule has 0 bridgehead atoms. The fourth-order valence-corrected chi connectivity index (χ4v) is 4.99. The zero-order valence-corrected chi connectivity index (χ0v) is 19.4. The van der Waals surface area contributed by atoms with Crippen LogP contribution in [0.1, 0.15) is 23.7 Å². The fourth-order valence-electron chi connectivity index (χ4n) is 3.40. The molecule has 1 heterocycles. The first kappa shape index (κ1) is 24.7. The minimum absolute atomic E-state index is 0.0615. The zero-order chi connectivity index (χ0) is 24.2. The Kier molecular flexibility index (Phi) is 7.70. The molecule has 1 atom stereocenters. The highest BCUT2D eigenvalue weighted by Crippen LogP contribution is 2.19. The Morgan fingerprint density at radius 1 is 0.970 bits per heavy atom. The van der Waals surface area contributed by atoms with Crippen molar-refractivity contribution in [3.63, 3.8) is 0 Å². The second-order valence-corrected chi connectivity index (χ2v) is 9.89. The Labute approximate surface area is 196 Å². The molecule has 1 aliphatic heterocycles. The first-order valence-corrected chi connectivity index (χ1v) is 12.2. The minimum atomic E-state index is -4.41. The summed E-state index contributed by atoms with van der Waals surface area (Å²) in [5, 5.41) is 0.769. The maximum absolute atomic E-state index is 13.3. The van der Waals surface area contributed by atoms with Gasteiger partial charge in [-0.1, -0.05) is 18.5 Å². The van der Waals surface area contributed by atoms with Gasteiger partial charge in [-0.05, 0) is 48.5 Å². The Morgan fingerprint density at radius 2 is 1.52 bits per heavy atom. The van der Waals surface area contributed by atoms with Crippen LogP contribution in [-0.4, -0.2) is 67.5 Å². The summed E-state index contributed by atoms with van der Waals surface area (Å²) in [6.45, 7) is 2.49. The number of piperazine rings is 1. The number of nitrogens with zero attached hydrogens (tertiary/aromatic N) is 2. The summed E-state index contributed by atoms with van der Waals surface area (Å²) < 4.78 is 39.9. The van der Waals surface area contributed by atoms with Crippen molar-refractivity contribution in [2.75, 3.05) is 26.2 Å². The number of carbonyl (C=O) groups is 3. The summed E-state index contributed by atoms with van der Waals surface area (Å²) >= 11 is 5.84. The van der Waals surface area contributed by atoms with Crippen LogP contribution >= 0.6 is 11.6 Å². The van der Waals surface area contributed by atoms with E-state index >= 15 is 0 Å². The summed E-state index contributed by atoms with van der Waals surface area (Å²) in [4.78, 5) is 40.5. The highest BCUT2D eigenvalue weighted by molar-refractivity contribution is 7.92. The Hall–Kier alpha value is -2.98. The van der Waals surface area contributed by atoms with Crippen LogP contribution in [-0.2, 0) is 19.4 Å². The molecule has 0 unspecified atom stereocenters. The molecule has 0 saturated carbocycles. The second-order valence-electron chi connectivity index (χ2n) is 7.42. The third-order valence-electron chi connectivity index (χ3n) is 5.29. The van der Waals surface area contributed by atoms with Gasteiger partial charge in [0.25, 0.3) is 11.8 Å². The van der Waals surface area contributed by atoms with Gasteiger partial charge >= 0.3 is 0 Å². The van der Waals surface area contributed by atoms with E-state index in [1.54, 1.807) is 11.8 Å². The van der Waals surface area contributed by atoms with Crippen molar-refractivity contribution in [1.29, 1.82) is 0 Å². The normalized spacial score (nSPS) is 15.1. The lowest BCUT2D eigenvalue weighted by Gasteiger charge is -2.36. The van der Waals surface area contributed by atoms with Crippen LogP contribution in [0, 0.1) is 5.82 Å². The summed E-state index contributed by atoms with van der Waals surface area (Å²) in [7, 11) is -4.41. The Bertz CT molecular complexity index is 1130. The van der Waals surface area contributed by atoms with Crippen LogP contribution in [0.25, 0.3) is 0 Å². The van der Waals surface area contributed by atoms with Crippen LogP contribution in [0.4, 0.5) is 4.39 Å². The lowest BCUT2D eigenvalue weighted by atomic mass is 10.2. The summed E-state index contributed by atoms with van der Waals surface area (Å²) in [6, 6.07) is 9.73. The molecule has 0 radical (unpaired) electrons. The van der Waals surface area contributed by atoms with E-state index in [0.717, 1.165) is 24.3 Å². The Morgan fingerprint density at radius 3 is 2.06 bits per heavy atom. The van der Waals surface area contributed by atoms with Crippen molar-refractivity contribution < 1.29 is 27.2 Å². The number of rotatable bonds is 6. The molecule has 1 aliphatic rings. The average Bonchev–Trinajstić information content (AvgIpc) is 2.82. The van der Waals surface area contributed by atoms with E-state index in [4.69, 9.17) is 11.6 Å². The van der Waals surface area contributed by atoms with Crippen LogP contribution in [0.5, 0.6) is 0 Å². The van der Waals surface area contributed by atoms with Crippen molar-refractivity contribution in [1.82, 2.24) is 15.1 Å². The molecular formula is C22H23ClFN3O5S. The second kappa shape index (κ2) is 10.3. The SMILES string of the molecule is CCC(=O)N1CCN(C(=O)[C@H](NC(=O)c2ccc(Cl)cc2)S(=O)(=O)c2ccc(F)cc2)CC1. The van der Waals surface area contributed by atoms with Crippen molar-refractivity contribution in [3.05, 3.63) is 64.9 Å². The first-order chi connectivity index (χ1) is 15.6. The summed E-state index contributed by atoms with van der Waals surface area (Å²) in [5.74, 6) is -2.31. The number of hydrogen-bond acceptors (Lipinski definition) is 5. The molecule has 33 heavy (non-hydrogen) atoms. The summed E-state index contributed by atoms with van der Waals surface area (Å²) in [6.07, 6.45) is 0.326. The van der Waals surface area contributed by atoms with Crippen molar-refractivity contribution in [2.45, 2.75) is 23.6 Å². The number of benzene rings is 2. The first-order valence-electron chi connectivity index (χ1n) is 10.3. The molecule has 2 aromatic rings. The highest BCUT2D eigenvalue weighted by atomic mass is 35.5. The number of carbonyl (C=O) groups excluding carboxylic acids is 3. The molecule has 3 rings (SSSR count). The third-order valence-corrected chi connectivity index (χ3v) is 7.41. The van der Waals surface area contributed by atoms with E-state index in [0.29, 0.717) is 11.4 Å². The van der Waals surface area contributed by atoms with Gasteiger partial charge in [-0.25, -0.2) is 12.8 Å². The van der Waals surface area contributed by atoms with E-state index in [9.17, 15) is 27.2 Å². The van der Waals surface area contributed by atoms with Crippen LogP contribution in [0.3, 0.4) is 0 Å². The lowest BCUT2D eigenvalue weighted by Crippen LogP contribution is -2.57. The predicted molar refractivity (Wildman–Crippen MR) is 120 cm³/mol. The number of sulfone groups is 1. The van der Waals surface area contributed by atoms with Crippen molar-refractivity contribution in [3.8, 4) is 0 Å². The van der Waals surface area contributed by atoms with Gasteiger partial charge < -0.3 is 15.1 Å². The van der Waals surface area contributed by atoms with Crippen LogP contribution in [0.15, 0.2) is 53.4 Å². The zero-order valence-electron chi connectivity index (χ0n) is 17.8. The minimum Gasteiger partial charge on any atom is -0.339 e. The van der Waals surface area contributed by atoms with Gasteiger partial charge in [-0.3, -0.25) is 14.4 Å². The van der Waals surface area contributed by atoms with E-state index in [1.807, 2.05) is 0 Å². The van der Waals surface area contributed by atoms with Gasteiger partial charge in [-0.2, -0.15) is 0 Å². The number of amides is 3. The van der Waals surface area contributed by atoms with Crippen LogP contribution < -0.4 is 5.32 Å². The largest absolute Gasteiger partial charge is 0.339 e. The molecule has 1 fully saturated rings. The number of nitrogens with one attached hydrogen (secondary N) is 1. The molecule has 0 aromatic heterocycles. The van der Waals surface area contributed by atoms with E-state index in [-0.39, 0.29) is 42.5 Å². The van der Waals surface area contributed by atoms with E-state index < -0.39 is 32.8 Å². The van der Waals surface area contributed by atoms with Gasteiger partial charge in [0.05, 0.1) is 4.90 Å². The third kappa shape index (κ3) is 5.69. The Balaban J connectivity index is 1.88. The summed E-state index contributed by atoms with van der Waals surface area (Å²) in [5.41, 5.74) is 0.116. The van der Waals surface area contributed by atoms with Gasteiger partial charge in [-0.15, -0.1) is 0 Å². The highest BCUT2D eigenvalue weighted by Gasteiger charge is 2.39. The van der Waals surface area contributed by atoms with E-state index in [2.05, 4.69) is 5.32 Å². The molecule has 8 nitrogen and oxygen atoms in total. The van der Waals surface area contributed by atoms with E-state index in [1.165, 1.54) is 29.2 Å².